The summed E-state index contributed by atoms with van der Waals surface area (Å²) in [5.41, 5.74) is 0.611. The number of aromatic nitrogens is 3. The molecule has 2 saturated heterocycles. The summed E-state index contributed by atoms with van der Waals surface area (Å²) in [7, 11) is 1.59. The molecule has 130 valence electrons. The van der Waals surface area contributed by atoms with Crippen LogP contribution < -0.4 is 9.64 Å². The molecule has 0 N–H and O–H groups in total. The Morgan fingerprint density at radius 3 is 2.84 bits per heavy atom. The fraction of sp³-hybridized carbons (Fsp3) is 0.444. The fourth-order valence-corrected chi connectivity index (χ4v) is 3.75. The molecule has 0 aliphatic carbocycles. The summed E-state index contributed by atoms with van der Waals surface area (Å²) < 4.78 is 5.18. The molecule has 1 amide bonds. The Labute approximate surface area is 146 Å². The number of carbonyl (C=O) groups is 1. The van der Waals surface area contributed by atoms with Crippen molar-refractivity contribution in [2.24, 2.45) is 5.41 Å². The van der Waals surface area contributed by atoms with Crippen molar-refractivity contribution in [2.75, 3.05) is 31.6 Å². The Morgan fingerprint density at radius 1 is 1.16 bits per heavy atom. The first-order valence-electron chi connectivity index (χ1n) is 8.51. The Balaban J connectivity index is 1.47. The van der Waals surface area contributed by atoms with Crippen LogP contribution in [0.5, 0.6) is 5.88 Å². The lowest BCUT2D eigenvalue weighted by Gasteiger charge is -2.23. The molecule has 1 spiro atoms. The first kappa shape index (κ1) is 15.8. The first-order valence-corrected chi connectivity index (χ1v) is 8.51. The molecule has 7 heteroatoms. The summed E-state index contributed by atoms with van der Waals surface area (Å²) in [6.07, 6.45) is 5.17. The van der Waals surface area contributed by atoms with Crippen LogP contribution in [0.15, 0.2) is 36.7 Å². The van der Waals surface area contributed by atoms with Crippen molar-refractivity contribution in [1.29, 1.82) is 0 Å². The molecule has 25 heavy (non-hydrogen) atoms. The number of pyridine rings is 1. The zero-order valence-electron chi connectivity index (χ0n) is 14.3. The molecule has 1 unspecified atom stereocenters. The van der Waals surface area contributed by atoms with Crippen molar-refractivity contribution in [3.63, 3.8) is 0 Å². The number of hydrogen-bond donors (Lipinski definition) is 0. The number of hydrogen-bond acceptors (Lipinski definition) is 6. The molecule has 0 aromatic carbocycles. The van der Waals surface area contributed by atoms with Crippen LogP contribution in [-0.4, -0.2) is 52.5 Å². The van der Waals surface area contributed by atoms with Crippen LogP contribution in [0.1, 0.15) is 18.5 Å². The van der Waals surface area contributed by atoms with E-state index in [2.05, 4.69) is 19.9 Å². The molecule has 2 aliphatic heterocycles. The van der Waals surface area contributed by atoms with E-state index >= 15 is 0 Å². The summed E-state index contributed by atoms with van der Waals surface area (Å²) in [6, 6.07) is 7.53. The van der Waals surface area contributed by atoms with Gasteiger partial charge in [-0.2, -0.15) is 4.98 Å². The molecule has 4 heterocycles. The summed E-state index contributed by atoms with van der Waals surface area (Å²) in [6.45, 7) is 2.81. The SMILES string of the molecule is COc1ccnc(N2CCC3(CCN(Cc4ccccn4)C3=O)C2)n1. The van der Waals surface area contributed by atoms with E-state index in [9.17, 15) is 4.79 Å². The van der Waals surface area contributed by atoms with Gasteiger partial charge in [0.25, 0.3) is 0 Å². The summed E-state index contributed by atoms with van der Waals surface area (Å²) >= 11 is 0. The van der Waals surface area contributed by atoms with Crippen LogP contribution in [0.3, 0.4) is 0 Å². The second-order valence-corrected chi connectivity index (χ2v) is 6.65. The van der Waals surface area contributed by atoms with Crippen molar-refractivity contribution in [1.82, 2.24) is 19.9 Å². The summed E-state index contributed by atoms with van der Waals surface area (Å²) in [5.74, 6) is 1.40. The highest BCUT2D eigenvalue weighted by molar-refractivity contribution is 5.86. The highest BCUT2D eigenvalue weighted by atomic mass is 16.5. The quantitative estimate of drug-likeness (QED) is 0.841. The van der Waals surface area contributed by atoms with E-state index < -0.39 is 0 Å². The van der Waals surface area contributed by atoms with Gasteiger partial charge >= 0.3 is 0 Å². The van der Waals surface area contributed by atoms with Gasteiger partial charge in [-0.05, 0) is 25.0 Å². The molecule has 7 nitrogen and oxygen atoms in total. The Bertz CT molecular complexity index is 769. The number of carbonyl (C=O) groups excluding carboxylic acids is 1. The second kappa shape index (κ2) is 6.31. The van der Waals surface area contributed by atoms with Gasteiger partial charge in [-0.3, -0.25) is 9.78 Å². The van der Waals surface area contributed by atoms with E-state index in [1.54, 1.807) is 25.6 Å². The minimum absolute atomic E-state index is 0.226. The number of methoxy groups -OCH3 is 1. The molecular formula is C18H21N5O2. The highest BCUT2D eigenvalue weighted by Crippen LogP contribution is 2.42. The molecule has 2 fully saturated rings. The van der Waals surface area contributed by atoms with E-state index in [1.807, 2.05) is 23.1 Å². The van der Waals surface area contributed by atoms with Gasteiger partial charge in [-0.25, -0.2) is 4.98 Å². The molecule has 0 radical (unpaired) electrons. The van der Waals surface area contributed by atoms with Crippen molar-refractivity contribution >= 4 is 11.9 Å². The summed E-state index contributed by atoms with van der Waals surface area (Å²) in [4.78, 5) is 30.1. The van der Waals surface area contributed by atoms with Crippen LogP contribution in [0, 0.1) is 5.41 Å². The van der Waals surface area contributed by atoms with Gasteiger partial charge in [0, 0.05) is 38.1 Å². The van der Waals surface area contributed by atoms with Crippen molar-refractivity contribution < 1.29 is 9.53 Å². The lowest BCUT2D eigenvalue weighted by Crippen LogP contribution is -2.37. The van der Waals surface area contributed by atoms with E-state index in [4.69, 9.17) is 4.74 Å². The van der Waals surface area contributed by atoms with Crippen LogP contribution in [0.2, 0.25) is 0 Å². The van der Waals surface area contributed by atoms with Gasteiger partial charge in [0.15, 0.2) is 0 Å². The largest absolute Gasteiger partial charge is 0.481 e. The molecule has 2 aromatic heterocycles. The minimum Gasteiger partial charge on any atom is -0.481 e. The van der Waals surface area contributed by atoms with Gasteiger partial charge in [-0.15, -0.1) is 0 Å². The van der Waals surface area contributed by atoms with Gasteiger partial charge in [0.05, 0.1) is 24.8 Å². The van der Waals surface area contributed by atoms with Crippen LogP contribution in [0.4, 0.5) is 5.95 Å². The number of likely N-dealkylation sites (tertiary alicyclic amines) is 1. The standard InChI is InChI=1S/C18H21N5O2/c1-25-15-5-9-20-17(21-15)23-11-7-18(13-23)6-10-22(16(18)24)12-14-4-2-3-8-19-14/h2-5,8-9H,6-7,10-13H2,1H3. The third-order valence-electron chi connectivity index (χ3n) is 5.14. The van der Waals surface area contributed by atoms with Crippen LogP contribution >= 0.6 is 0 Å². The maximum atomic E-state index is 13.0. The van der Waals surface area contributed by atoms with Gasteiger partial charge in [-0.1, -0.05) is 6.07 Å². The Kier molecular flexibility index (Phi) is 3.99. The molecule has 2 aliphatic rings. The molecule has 0 bridgehead atoms. The highest BCUT2D eigenvalue weighted by Gasteiger charge is 2.51. The number of anilines is 1. The first-order chi connectivity index (χ1) is 12.2. The lowest BCUT2D eigenvalue weighted by molar-refractivity contribution is -0.135. The van der Waals surface area contributed by atoms with E-state index in [-0.39, 0.29) is 11.3 Å². The normalized spacial score (nSPS) is 22.8. The van der Waals surface area contributed by atoms with Crippen LogP contribution in [0.25, 0.3) is 0 Å². The van der Waals surface area contributed by atoms with Crippen molar-refractivity contribution in [3.05, 3.63) is 42.4 Å². The minimum atomic E-state index is -0.318. The monoisotopic (exact) mass is 339 g/mol. The third-order valence-corrected chi connectivity index (χ3v) is 5.14. The zero-order chi connectivity index (χ0) is 17.3. The molecule has 2 aromatic rings. The van der Waals surface area contributed by atoms with Crippen molar-refractivity contribution in [2.45, 2.75) is 19.4 Å². The van der Waals surface area contributed by atoms with Gasteiger partial charge in [0.2, 0.25) is 17.7 Å². The molecule has 0 saturated carbocycles. The molecule has 1 atom stereocenters. The number of nitrogens with zero attached hydrogens (tertiary/aromatic N) is 5. The number of rotatable bonds is 4. The lowest BCUT2D eigenvalue weighted by atomic mass is 9.85. The predicted octanol–water partition coefficient (Wildman–Crippen LogP) is 1.51. The number of amides is 1. The van der Waals surface area contributed by atoms with E-state index in [0.29, 0.717) is 24.9 Å². The second-order valence-electron chi connectivity index (χ2n) is 6.65. The van der Waals surface area contributed by atoms with Crippen LogP contribution in [-0.2, 0) is 11.3 Å². The third kappa shape index (κ3) is 2.90. The Hall–Kier alpha value is -2.70. The maximum Gasteiger partial charge on any atom is 0.231 e. The van der Waals surface area contributed by atoms with Gasteiger partial charge in [0.1, 0.15) is 0 Å². The zero-order valence-corrected chi connectivity index (χ0v) is 14.3. The Morgan fingerprint density at radius 2 is 2.04 bits per heavy atom. The summed E-state index contributed by atoms with van der Waals surface area (Å²) in [5, 5.41) is 0. The number of ether oxygens (including phenoxy) is 1. The predicted molar refractivity (Wildman–Crippen MR) is 92.1 cm³/mol. The molecular weight excluding hydrogens is 318 g/mol. The molecule has 4 rings (SSSR count). The fourth-order valence-electron chi connectivity index (χ4n) is 3.75. The van der Waals surface area contributed by atoms with Crippen molar-refractivity contribution in [3.8, 4) is 5.88 Å². The average Bonchev–Trinajstić information content (AvgIpc) is 3.23. The smallest absolute Gasteiger partial charge is 0.231 e. The maximum absolute atomic E-state index is 13.0. The van der Waals surface area contributed by atoms with E-state index in [1.165, 1.54) is 0 Å². The van der Waals surface area contributed by atoms with Gasteiger partial charge < -0.3 is 14.5 Å². The topological polar surface area (TPSA) is 71.5 Å². The van der Waals surface area contributed by atoms with E-state index in [0.717, 1.165) is 31.6 Å². The average molecular weight is 339 g/mol.